The molecule has 0 amide bonds. The van der Waals surface area contributed by atoms with E-state index in [0.717, 1.165) is 9.76 Å². The van der Waals surface area contributed by atoms with Gasteiger partial charge in [0.25, 0.3) is 58.8 Å². The van der Waals surface area contributed by atoms with E-state index in [1.807, 2.05) is 0 Å². The Morgan fingerprint density at radius 3 is 1.54 bits per heavy atom. The second-order valence-corrected chi connectivity index (χ2v) is 16.6. The third-order valence-corrected chi connectivity index (χ3v) is 17.4. The van der Waals surface area contributed by atoms with E-state index in [1.165, 1.54) is 0 Å². The van der Waals surface area contributed by atoms with E-state index in [4.69, 9.17) is 24.7 Å². The maximum absolute atomic E-state index is 5.51. The van der Waals surface area contributed by atoms with Gasteiger partial charge in [-0.1, -0.05) is 0 Å². The second-order valence-electron chi connectivity index (χ2n) is 2.31. The molecular formula is H14O6Si7. The summed E-state index contributed by atoms with van der Waals surface area (Å²) in [7, 11) is -4.31. The largest absolute Gasteiger partial charge is 0.426 e. The number of hydrogen-bond donors (Lipinski definition) is 0. The van der Waals surface area contributed by atoms with Crippen LogP contribution in [0.15, 0.2) is 0 Å². The van der Waals surface area contributed by atoms with Gasteiger partial charge < -0.3 is 24.7 Å². The predicted molar refractivity (Wildman–Crippen MR) is 66.3 cm³/mol. The van der Waals surface area contributed by atoms with Crippen molar-refractivity contribution in [3.05, 3.63) is 0 Å². The maximum Gasteiger partial charge on any atom is 0.286 e. The normalized spacial score (nSPS) is 38.3. The Bertz CT molecular complexity index is 108. The highest BCUT2D eigenvalue weighted by Crippen LogP contribution is 1.85. The Balaban J connectivity index is 2.11. The maximum atomic E-state index is 5.51. The fraction of sp³-hybridized carbons (Fsp3) is 0. The highest BCUT2D eigenvalue weighted by molar-refractivity contribution is 6.98. The summed E-state index contributed by atoms with van der Waals surface area (Å²) >= 11 is 0. The van der Waals surface area contributed by atoms with E-state index in [0.29, 0.717) is 0 Å². The lowest BCUT2D eigenvalue weighted by atomic mass is 15.7. The molecule has 0 bridgehead atoms. The SMILES string of the molecule is [SiH3][SiH]1O[SiH2]O[SiH2]O[SiH2]O[SiH2]O[SiH2]O1. The molecule has 1 fully saturated rings. The van der Waals surface area contributed by atoms with Gasteiger partial charge in [-0.15, -0.1) is 0 Å². The molecule has 0 saturated carbocycles. The van der Waals surface area contributed by atoms with E-state index >= 15 is 0 Å². The molecule has 1 saturated heterocycles. The zero-order valence-corrected chi connectivity index (χ0v) is 17.8. The number of hydrogen-bond acceptors (Lipinski definition) is 6. The Kier molecular flexibility index (Phi) is 8.15. The van der Waals surface area contributed by atoms with Gasteiger partial charge in [-0.2, -0.15) is 0 Å². The molecule has 0 aromatic rings. The summed E-state index contributed by atoms with van der Waals surface area (Å²) in [5.74, 6) is 0. The standard InChI is InChI=1S/H14O6Si7/c7-13-5-11-3-9-1-8-2-10-4-12-6-13/h13H,8-12H2,7H3. The van der Waals surface area contributed by atoms with E-state index in [2.05, 4.69) is 0 Å². The van der Waals surface area contributed by atoms with Crippen LogP contribution in [0.5, 0.6) is 0 Å². The minimum absolute atomic E-state index is 0.799. The molecule has 78 valence electrons. The third kappa shape index (κ3) is 7.24. The zero-order chi connectivity index (χ0) is 9.36. The van der Waals surface area contributed by atoms with Crippen LogP contribution in [0.3, 0.4) is 0 Å². The Labute approximate surface area is 93.3 Å². The minimum Gasteiger partial charge on any atom is -0.426 e. The fourth-order valence-corrected chi connectivity index (χ4v) is 14.1. The smallest absolute Gasteiger partial charge is 0.286 e. The van der Waals surface area contributed by atoms with Gasteiger partial charge in [0, 0.05) is 0 Å². The lowest BCUT2D eigenvalue weighted by Crippen LogP contribution is -2.32. The molecule has 0 spiro atoms. The summed E-state index contributed by atoms with van der Waals surface area (Å²) in [4.78, 5) is 0. The molecule has 0 aromatic heterocycles. The second kappa shape index (κ2) is 8.58. The van der Waals surface area contributed by atoms with Gasteiger partial charge in [0.15, 0.2) is 0 Å². The average Bonchev–Trinajstić information content (AvgIpc) is 2.11. The summed E-state index contributed by atoms with van der Waals surface area (Å²) in [5.41, 5.74) is 0. The lowest BCUT2D eigenvalue weighted by Gasteiger charge is -2.15. The average molecular weight is 307 g/mol. The topological polar surface area (TPSA) is 55.4 Å². The quantitative estimate of drug-likeness (QED) is 0.415. The molecule has 6 nitrogen and oxygen atoms in total. The van der Waals surface area contributed by atoms with Crippen molar-refractivity contribution < 1.29 is 24.7 Å². The van der Waals surface area contributed by atoms with Gasteiger partial charge in [0.1, 0.15) is 0 Å². The van der Waals surface area contributed by atoms with Crippen molar-refractivity contribution in [1.82, 2.24) is 0 Å². The van der Waals surface area contributed by atoms with Gasteiger partial charge in [0.05, 0.1) is 9.76 Å². The molecule has 0 radical (unpaired) electrons. The van der Waals surface area contributed by atoms with Crippen LogP contribution in [0.4, 0.5) is 0 Å². The first-order valence-corrected chi connectivity index (χ1v) is 15.3. The predicted octanol–water partition coefficient (Wildman–Crippen LogP) is -6.82. The van der Waals surface area contributed by atoms with E-state index < -0.39 is 58.8 Å². The van der Waals surface area contributed by atoms with E-state index in [1.54, 1.807) is 0 Å². The van der Waals surface area contributed by atoms with Gasteiger partial charge in [-0.25, -0.2) is 0 Å². The Morgan fingerprint density at radius 2 is 1.08 bits per heavy atom. The molecule has 13 heteroatoms. The Hall–Kier alpha value is 1.28. The van der Waals surface area contributed by atoms with Crippen molar-refractivity contribution in [2.24, 2.45) is 0 Å². The molecule has 13 heavy (non-hydrogen) atoms. The van der Waals surface area contributed by atoms with Gasteiger partial charge in [0.2, 0.25) is 0 Å². The monoisotopic (exact) mass is 306 g/mol. The van der Waals surface area contributed by atoms with Gasteiger partial charge in [-0.3, -0.25) is 0 Å². The molecule has 1 heterocycles. The van der Waals surface area contributed by atoms with E-state index in [9.17, 15) is 0 Å². The molecule has 1 aliphatic rings. The summed E-state index contributed by atoms with van der Waals surface area (Å²) in [6, 6.07) is 0. The summed E-state index contributed by atoms with van der Waals surface area (Å²) < 4.78 is 32.3. The van der Waals surface area contributed by atoms with Crippen LogP contribution in [-0.4, -0.2) is 68.6 Å². The molecule has 1 aliphatic heterocycles. The summed E-state index contributed by atoms with van der Waals surface area (Å²) in [6.45, 7) is 0. The highest BCUT2D eigenvalue weighted by Gasteiger charge is 2.06. The Morgan fingerprint density at radius 1 is 0.692 bits per heavy atom. The first-order chi connectivity index (χ1) is 6.39. The van der Waals surface area contributed by atoms with Crippen molar-refractivity contribution in [3.63, 3.8) is 0 Å². The highest BCUT2D eigenvalue weighted by atomic mass is 29.2. The fourth-order valence-electron chi connectivity index (χ4n) is 0.649. The van der Waals surface area contributed by atoms with Crippen LogP contribution < -0.4 is 0 Å². The molecule has 1 rings (SSSR count). The first kappa shape index (κ1) is 12.3. The van der Waals surface area contributed by atoms with Crippen LogP contribution in [0.2, 0.25) is 0 Å². The molecular weight excluding hydrogens is 293 g/mol. The van der Waals surface area contributed by atoms with Crippen molar-refractivity contribution in [1.29, 1.82) is 0 Å². The molecule has 0 N–H and O–H groups in total. The van der Waals surface area contributed by atoms with Crippen molar-refractivity contribution in [2.75, 3.05) is 0 Å². The summed E-state index contributed by atoms with van der Waals surface area (Å²) in [5, 5.41) is 0. The van der Waals surface area contributed by atoms with Crippen LogP contribution in [0, 0.1) is 0 Å². The molecule has 0 unspecified atom stereocenters. The third-order valence-electron chi connectivity index (χ3n) is 1.27. The van der Waals surface area contributed by atoms with Crippen LogP contribution in [-0.2, 0) is 24.7 Å². The van der Waals surface area contributed by atoms with Gasteiger partial charge >= 0.3 is 0 Å². The minimum atomic E-state index is -1.30. The van der Waals surface area contributed by atoms with Gasteiger partial charge in [-0.05, 0) is 0 Å². The van der Waals surface area contributed by atoms with Crippen LogP contribution in [0.25, 0.3) is 0 Å². The van der Waals surface area contributed by atoms with Crippen molar-refractivity contribution in [2.45, 2.75) is 0 Å². The molecule has 0 atom stereocenters. The van der Waals surface area contributed by atoms with Crippen LogP contribution >= 0.6 is 0 Å². The zero-order valence-electron chi connectivity index (χ0n) is 7.56. The van der Waals surface area contributed by atoms with E-state index in [-0.39, 0.29) is 0 Å². The molecule has 0 aliphatic carbocycles. The van der Waals surface area contributed by atoms with Crippen molar-refractivity contribution in [3.8, 4) is 0 Å². The number of rotatable bonds is 0. The van der Waals surface area contributed by atoms with Crippen molar-refractivity contribution >= 4 is 68.6 Å². The first-order valence-electron chi connectivity index (χ1n) is 3.94. The summed E-state index contributed by atoms with van der Waals surface area (Å²) in [6.07, 6.45) is 0. The van der Waals surface area contributed by atoms with Crippen LogP contribution in [0.1, 0.15) is 0 Å². The lowest BCUT2D eigenvalue weighted by molar-refractivity contribution is 0.344. The molecule has 0 aromatic carbocycles.